The maximum absolute atomic E-state index is 11.4. The molecule has 4 rings (SSSR count). The molecule has 0 saturated heterocycles. The van der Waals surface area contributed by atoms with E-state index in [-0.39, 0.29) is 5.75 Å². The molecule has 1 aliphatic heterocycles. The number of methoxy groups -OCH3 is 1. The third-order valence-electron chi connectivity index (χ3n) is 5.08. The number of carbonyl (C=O) groups excluding carboxylic acids is 1. The van der Waals surface area contributed by atoms with Crippen LogP contribution in [0.5, 0.6) is 11.5 Å². The number of fused-ring (bicyclic) bond motifs is 2. The van der Waals surface area contributed by atoms with Crippen molar-refractivity contribution in [2.75, 3.05) is 24.3 Å². The second-order valence-corrected chi connectivity index (χ2v) is 9.37. The van der Waals surface area contributed by atoms with E-state index in [9.17, 15) is 13.9 Å². The summed E-state index contributed by atoms with van der Waals surface area (Å²) in [5.74, 6) is 1.59. The fourth-order valence-corrected chi connectivity index (χ4v) is 5.13. The van der Waals surface area contributed by atoms with Gasteiger partial charge in [-0.25, -0.2) is 9.78 Å². The summed E-state index contributed by atoms with van der Waals surface area (Å²) in [6.45, 7) is 2.71. The number of hydrogen-bond donors (Lipinski definition) is 3. The topological polar surface area (TPSA) is 118 Å². The Morgan fingerprint density at radius 2 is 2.00 bits per heavy atom. The van der Waals surface area contributed by atoms with E-state index in [1.165, 1.54) is 7.11 Å². The maximum Gasteiger partial charge on any atom is 0.409 e. The number of primary amides is 1. The Kier molecular flexibility index (Phi) is 5.19. The SMILES string of the molecule is COc1ccc2c(c1)S(O)(O)CCN(c1cc(OC(N)=O)c3cc(C)ccc3n1)C2. The summed E-state index contributed by atoms with van der Waals surface area (Å²) >= 11 is 0. The molecule has 0 fully saturated rings. The molecule has 8 nitrogen and oxygen atoms in total. The first kappa shape index (κ1) is 20.3. The van der Waals surface area contributed by atoms with Gasteiger partial charge in [-0.2, -0.15) is 10.6 Å². The van der Waals surface area contributed by atoms with Gasteiger partial charge >= 0.3 is 6.09 Å². The predicted octanol–water partition coefficient (Wildman–Crippen LogP) is 4.14. The van der Waals surface area contributed by atoms with Crippen molar-refractivity contribution in [2.45, 2.75) is 18.4 Å². The van der Waals surface area contributed by atoms with E-state index < -0.39 is 16.7 Å². The molecule has 0 radical (unpaired) electrons. The van der Waals surface area contributed by atoms with Crippen LogP contribution in [-0.4, -0.2) is 39.6 Å². The molecule has 1 aliphatic rings. The lowest BCUT2D eigenvalue weighted by atomic mass is 10.1. The normalized spacial score (nSPS) is 16.5. The minimum absolute atomic E-state index is 0.146. The Hall–Kier alpha value is -3.01. The van der Waals surface area contributed by atoms with Gasteiger partial charge in [-0.1, -0.05) is 17.7 Å². The van der Waals surface area contributed by atoms with Crippen LogP contribution in [0.25, 0.3) is 10.9 Å². The van der Waals surface area contributed by atoms with Gasteiger partial charge in [0.1, 0.15) is 17.3 Å². The minimum Gasteiger partial charge on any atom is -0.497 e. The zero-order valence-corrected chi connectivity index (χ0v) is 17.5. The van der Waals surface area contributed by atoms with Crippen LogP contribution in [0.15, 0.2) is 47.4 Å². The molecule has 30 heavy (non-hydrogen) atoms. The highest BCUT2D eigenvalue weighted by Gasteiger charge is 2.27. The zero-order chi connectivity index (χ0) is 21.5. The molecule has 158 valence electrons. The van der Waals surface area contributed by atoms with Crippen LogP contribution < -0.4 is 20.1 Å². The third kappa shape index (κ3) is 3.87. The van der Waals surface area contributed by atoms with Gasteiger partial charge in [-0.05, 0) is 30.7 Å². The first-order chi connectivity index (χ1) is 14.3. The quantitative estimate of drug-likeness (QED) is 0.573. The van der Waals surface area contributed by atoms with Gasteiger partial charge in [-0.3, -0.25) is 9.11 Å². The van der Waals surface area contributed by atoms with Gasteiger partial charge in [0.25, 0.3) is 0 Å². The lowest BCUT2D eigenvalue weighted by Gasteiger charge is -2.32. The number of anilines is 1. The molecule has 4 N–H and O–H groups in total. The smallest absolute Gasteiger partial charge is 0.409 e. The molecule has 0 spiro atoms. The van der Waals surface area contributed by atoms with Crippen LogP contribution in [-0.2, 0) is 6.54 Å². The van der Waals surface area contributed by atoms with Gasteiger partial charge in [0.2, 0.25) is 0 Å². The van der Waals surface area contributed by atoms with Crippen LogP contribution >= 0.6 is 10.6 Å². The molecule has 0 bridgehead atoms. The Morgan fingerprint density at radius 1 is 1.20 bits per heavy atom. The Morgan fingerprint density at radius 3 is 2.73 bits per heavy atom. The number of amides is 1. The summed E-state index contributed by atoms with van der Waals surface area (Å²) in [5, 5.41) is 0.682. The standard InChI is InChI=1S/C21H23N3O5S/c1-13-3-6-17-16(9-13)18(29-21(22)25)11-20(23-17)24-7-8-30(26,27)19-10-15(28-2)5-4-14(19)12-24/h3-6,9-11,26-27H,7-8,12H2,1-2H3,(H2,22,25). The molecule has 2 aromatic carbocycles. The maximum atomic E-state index is 11.4. The van der Waals surface area contributed by atoms with E-state index in [2.05, 4.69) is 0 Å². The van der Waals surface area contributed by atoms with Crippen molar-refractivity contribution in [1.29, 1.82) is 0 Å². The number of pyridine rings is 1. The minimum atomic E-state index is -2.98. The monoisotopic (exact) mass is 429 g/mol. The second kappa shape index (κ2) is 7.67. The number of benzene rings is 2. The van der Waals surface area contributed by atoms with E-state index in [1.54, 1.807) is 18.2 Å². The highest BCUT2D eigenvalue weighted by molar-refractivity contribution is 8.24. The Bertz CT molecular complexity index is 1140. The van der Waals surface area contributed by atoms with Gasteiger partial charge in [0.05, 0.1) is 23.3 Å². The first-order valence-corrected chi connectivity index (χ1v) is 11.0. The van der Waals surface area contributed by atoms with E-state index in [0.717, 1.165) is 11.1 Å². The third-order valence-corrected chi connectivity index (χ3v) is 6.92. The van der Waals surface area contributed by atoms with E-state index in [1.807, 2.05) is 36.1 Å². The summed E-state index contributed by atoms with van der Waals surface area (Å²) in [6, 6.07) is 12.6. The molecule has 1 amide bonds. The summed E-state index contributed by atoms with van der Waals surface area (Å²) in [4.78, 5) is 18.6. The number of rotatable bonds is 3. The molecule has 0 saturated carbocycles. The Balaban J connectivity index is 1.80. The molecular weight excluding hydrogens is 406 g/mol. The van der Waals surface area contributed by atoms with Crippen molar-refractivity contribution < 1.29 is 23.4 Å². The molecule has 3 aromatic rings. The van der Waals surface area contributed by atoms with E-state index >= 15 is 0 Å². The van der Waals surface area contributed by atoms with Gasteiger partial charge in [0, 0.05) is 30.6 Å². The van der Waals surface area contributed by atoms with Crippen LogP contribution in [0.3, 0.4) is 0 Å². The van der Waals surface area contributed by atoms with Crippen molar-refractivity contribution in [1.82, 2.24) is 4.98 Å². The number of carbonyl (C=O) groups is 1. The van der Waals surface area contributed by atoms with E-state index in [4.69, 9.17) is 20.2 Å². The van der Waals surface area contributed by atoms with Crippen molar-refractivity contribution in [3.8, 4) is 11.5 Å². The predicted molar refractivity (Wildman–Crippen MR) is 117 cm³/mol. The molecule has 2 heterocycles. The van der Waals surface area contributed by atoms with Crippen LogP contribution in [0.1, 0.15) is 11.1 Å². The summed E-state index contributed by atoms with van der Waals surface area (Å²) in [7, 11) is -1.44. The molecule has 1 aromatic heterocycles. The van der Waals surface area contributed by atoms with Crippen LogP contribution in [0.2, 0.25) is 0 Å². The van der Waals surface area contributed by atoms with Crippen molar-refractivity contribution in [3.05, 3.63) is 53.6 Å². The number of aromatic nitrogens is 1. The lowest BCUT2D eigenvalue weighted by Crippen LogP contribution is -2.26. The second-order valence-electron chi connectivity index (χ2n) is 7.19. The summed E-state index contributed by atoms with van der Waals surface area (Å²) < 4.78 is 31.9. The number of aryl methyl sites for hydroxylation is 1. The average molecular weight is 429 g/mol. The summed E-state index contributed by atoms with van der Waals surface area (Å²) in [5.41, 5.74) is 7.69. The van der Waals surface area contributed by atoms with Gasteiger partial charge in [-0.15, -0.1) is 0 Å². The fourth-order valence-electron chi connectivity index (χ4n) is 3.57. The average Bonchev–Trinajstić information content (AvgIpc) is 2.83. The first-order valence-electron chi connectivity index (χ1n) is 9.33. The number of ether oxygens (including phenoxy) is 2. The zero-order valence-electron chi connectivity index (χ0n) is 16.7. The van der Waals surface area contributed by atoms with Gasteiger partial charge < -0.3 is 20.1 Å². The molecule has 0 aliphatic carbocycles. The van der Waals surface area contributed by atoms with Crippen molar-refractivity contribution in [3.63, 3.8) is 0 Å². The highest BCUT2D eigenvalue weighted by atomic mass is 32.3. The fraction of sp³-hybridized carbons (Fsp3) is 0.238. The van der Waals surface area contributed by atoms with Crippen LogP contribution in [0, 0.1) is 6.92 Å². The number of hydrogen-bond acceptors (Lipinski definition) is 7. The number of nitrogens with zero attached hydrogens (tertiary/aromatic N) is 2. The van der Waals surface area contributed by atoms with Crippen LogP contribution in [0.4, 0.5) is 10.6 Å². The largest absolute Gasteiger partial charge is 0.497 e. The molecule has 0 unspecified atom stereocenters. The number of nitrogens with two attached hydrogens (primary N) is 1. The highest BCUT2D eigenvalue weighted by Crippen LogP contribution is 2.52. The Labute approximate surface area is 175 Å². The lowest BCUT2D eigenvalue weighted by molar-refractivity contribution is 0.211. The van der Waals surface area contributed by atoms with Gasteiger partial charge in [0.15, 0.2) is 0 Å². The van der Waals surface area contributed by atoms with Crippen molar-refractivity contribution in [2.24, 2.45) is 5.73 Å². The van der Waals surface area contributed by atoms with E-state index in [0.29, 0.717) is 46.2 Å². The molecule has 9 heteroatoms. The molecule has 0 atom stereocenters. The summed E-state index contributed by atoms with van der Waals surface area (Å²) in [6.07, 6.45) is -0.905. The molecular formula is C21H23N3O5S. The van der Waals surface area contributed by atoms with Crippen molar-refractivity contribution >= 4 is 33.4 Å².